The lowest BCUT2D eigenvalue weighted by Gasteiger charge is -2.32. The molecule has 12 aromatic rings. The Morgan fingerprint density at radius 3 is 1.31 bits per heavy atom. The number of nitrogens with zero attached hydrogens (tertiary/aromatic N) is 15. The van der Waals surface area contributed by atoms with Crippen LogP contribution < -0.4 is 37.9 Å². The number of para-hydroxylation sites is 1. The van der Waals surface area contributed by atoms with Gasteiger partial charge >= 0.3 is 0 Å². The molecule has 6 amide bonds. The maximum atomic E-state index is 14.8. The van der Waals surface area contributed by atoms with Crippen LogP contribution in [0.5, 0.6) is 5.75 Å². The number of halogens is 5. The highest BCUT2D eigenvalue weighted by molar-refractivity contribution is 6.02. The number of carbonyl (C=O) groups is 6. The maximum absolute atomic E-state index is 14.8. The molecule has 594 valence electrons. The Labute approximate surface area is 661 Å². The summed E-state index contributed by atoms with van der Waals surface area (Å²) in [5.74, 6) is -4.27. The Kier molecular flexibility index (Phi) is 24.3. The number of nitrogens with two attached hydrogens (primary N) is 3. The van der Waals surface area contributed by atoms with Crippen molar-refractivity contribution in [1.29, 1.82) is 0 Å². The zero-order chi connectivity index (χ0) is 82.0. The number of fused-ring (bicyclic) bond motifs is 3. The van der Waals surface area contributed by atoms with E-state index in [1.54, 1.807) is 79.5 Å². The quantitative estimate of drug-likeness (QED) is 0.0323. The molecule has 0 radical (unpaired) electrons. The normalized spacial score (nSPS) is 15.3. The predicted octanol–water partition coefficient (Wildman–Crippen LogP) is 11.1. The Balaban J connectivity index is 0.000000151. The SMILES string of the molecule is C=CC(=O)N1CCC[C@@H](n2nc(-c3ccc(CNC(=O)c4cccc(C)c4F)cc3)c3c(N)ncnc32)C1.C=CC(=O)N1CCC[C@@H](n2nc(-c3ccc(F)c(CNC(=O)c4cc(F)ccc4F)c3)c3c(N)ncnc32)C1.C=CC(=O)N1CCC[C@@H](n2nc(-c3ccc(F)c(CNC(=O)c4ccccc4OC)c3)c3c(N)ncnc32)C1. The van der Waals surface area contributed by atoms with Gasteiger partial charge in [0, 0.05) is 86.7 Å². The molecule has 3 atom stereocenters. The van der Waals surface area contributed by atoms with Crippen LogP contribution in [0.15, 0.2) is 178 Å². The van der Waals surface area contributed by atoms with Gasteiger partial charge < -0.3 is 52.6 Å². The van der Waals surface area contributed by atoms with E-state index in [1.165, 1.54) is 74.7 Å². The first-order valence-electron chi connectivity index (χ1n) is 37.1. The Morgan fingerprint density at radius 1 is 0.466 bits per heavy atom. The molecule has 28 nitrogen and oxygen atoms in total. The summed E-state index contributed by atoms with van der Waals surface area (Å²) in [6, 6.07) is 30.0. The van der Waals surface area contributed by atoms with E-state index in [4.69, 9.17) is 37.2 Å². The first-order chi connectivity index (χ1) is 56.0. The van der Waals surface area contributed by atoms with Crippen molar-refractivity contribution in [3.63, 3.8) is 0 Å². The summed E-state index contributed by atoms with van der Waals surface area (Å²) in [5.41, 5.74) is 25.3. The van der Waals surface area contributed by atoms with Gasteiger partial charge in [0.25, 0.3) is 17.7 Å². The van der Waals surface area contributed by atoms with Crippen molar-refractivity contribution in [2.24, 2.45) is 0 Å². The van der Waals surface area contributed by atoms with Crippen molar-refractivity contribution < 1.29 is 55.5 Å². The Hall–Kier alpha value is -14.1. The third kappa shape index (κ3) is 17.1. The number of rotatable bonds is 19. The maximum Gasteiger partial charge on any atom is 0.255 e. The fourth-order valence-electron chi connectivity index (χ4n) is 14.4. The summed E-state index contributed by atoms with van der Waals surface area (Å²) in [7, 11) is 1.48. The van der Waals surface area contributed by atoms with Crippen molar-refractivity contribution in [2.45, 2.75) is 83.2 Å². The fourth-order valence-corrected chi connectivity index (χ4v) is 14.4. The van der Waals surface area contributed by atoms with Crippen LogP contribution in [0.4, 0.5) is 39.4 Å². The van der Waals surface area contributed by atoms with Crippen LogP contribution in [0.25, 0.3) is 66.9 Å². The number of piperidine rings is 3. The Morgan fingerprint density at radius 2 is 0.862 bits per heavy atom. The molecule has 3 aliphatic heterocycles. The third-order valence-electron chi connectivity index (χ3n) is 20.4. The van der Waals surface area contributed by atoms with Gasteiger partial charge in [-0.1, -0.05) is 68.3 Å². The molecule has 3 aliphatic rings. The molecule has 15 rings (SSSR count). The predicted molar refractivity (Wildman–Crippen MR) is 425 cm³/mol. The van der Waals surface area contributed by atoms with Gasteiger partial charge in [-0.15, -0.1) is 0 Å². The van der Waals surface area contributed by atoms with Gasteiger partial charge in [0.15, 0.2) is 16.9 Å². The summed E-state index contributed by atoms with van der Waals surface area (Å²) in [5, 5.41) is 24.1. The summed E-state index contributed by atoms with van der Waals surface area (Å²) in [4.78, 5) is 105. The van der Waals surface area contributed by atoms with Crippen molar-refractivity contribution in [1.82, 2.24) is 89.9 Å². The van der Waals surface area contributed by atoms with E-state index < -0.39 is 46.5 Å². The number of benzene rings is 6. The highest BCUT2D eigenvalue weighted by Gasteiger charge is 2.33. The highest BCUT2D eigenvalue weighted by Crippen LogP contribution is 2.39. The number of aromatic nitrogens is 12. The van der Waals surface area contributed by atoms with Crippen LogP contribution in [0.2, 0.25) is 0 Å². The number of nitrogens with one attached hydrogen (secondary N) is 3. The number of carbonyl (C=O) groups excluding carboxylic acids is 6. The molecule has 0 bridgehead atoms. The molecule has 6 aromatic heterocycles. The molecule has 33 heteroatoms. The second-order valence-electron chi connectivity index (χ2n) is 27.7. The van der Waals surface area contributed by atoms with Crippen LogP contribution >= 0.6 is 0 Å². The van der Waals surface area contributed by atoms with Crippen LogP contribution in [0, 0.1) is 36.0 Å². The number of ether oxygens (including phenoxy) is 1. The van der Waals surface area contributed by atoms with Crippen LogP contribution in [-0.2, 0) is 34.0 Å². The van der Waals surface area contributed by atoms with Crippen molar-refractivity contribution in [3.05, 3.63) is 246 Å². The zero-order valence-electron chi connectivity index (χ0n) is 63.2. The van der Waals surface area contributed by atoms with Gasteiger partial charge in [-0.3, -0.25) is 28.8 Å². The lowest BCUT2D eigenvalue weighted by atomic mass is 10.0. The number of nitrogen functional groups attached to an aromatic ring is 3. The standard InChI is InChI=1S/C28H28FN7O3.C28H28FN7O2.C27H24F3N7O2/c1-3-23(37)35-12-6-7-19(15-35)36-27-24(26(30)32-16-33-27)25(34-36)17-10-11-21(29)18(13-17)14-31-28(38)20-8-4-5-9-22(20)39-2;1-3-22(37)35-13-5-7-20(15-35)36-27-23(26(30)32-16-33-27)25(34-36)19-11-9-18(10-12-19)14-31-28(38)21-8-4-6-17(2)24(21)29;1-2-22(38)36-9-3-4-18(13-36)37-26-23(25(31)33-14-34-26)24(35-37)15-5-7-20(29)16(10-15)12-32-27(39)19-11-17(28)6-8-21(19)30/h3-5,8-11,13,16,19H,1,6-7,12,14-15H2,2H3,(H,31,38)(H2,30,32,33);3-4,6,8-12,16,20H,1,5,7,13-15H2,2H3,(H,31,38)(H2,30,32,33);2,5-8,10-11,14,18H,1,3-4,9,12-13H2,(H,32,39)(H2,31,33,34)/t19-;20-;18-/m111/s1. The number of hydrogen-bond donors (Lipinski definition) is 6. The summed E-state index contributed by atoms with van der Waals surface area (Å²) in [6.45, 7) is 15.6. The molecule has 9 heterocycles. The highest BCUT2D eigenvalue weighted by atomic mass is 19.1. The average Bonchev–Trinajstić information content (AvgIpc) is 1.62. The Bertz CT molecular complexity index is 5820. The van der Waals surface area contributed by atoms with Crippen molar-refractivity contribution >= 4 is 86.0 Å². The molecule has 0 saturated carbocycles. The van der Waals surface area contributed by atoms with Crippen molar-refractivity contribution in [3.8, 4) is 39.5 Å². The number of hydrogen-bond acceptors (Lipinski definition) is 19. The van der Waals surface area contributed by atoms with E-state index in [9.17, 15) is 50.7 Å². The number of anilines is 3. The molecule has 6 aromatic carbocycles. The van der Waals surface area contributed by atoms with Gasteiger partial charge in [0.2, 0.25) is 17.7 Å². The van der Waals surface area contributed by atoms with Gasteiger partial charge in [0.1, 0.15) is 88.4 Å². The van der Waals surface area contributed by atoms with Gasteiger partial charge in [-0.25, -0.2) is 65.9 Å². The monoisotopic (exact) mass is 1580 g/mol. The van der Waals surface area contributed by atoms with E-state index in [0.29, 0.717) is 123 Å². The number of amides is 6. The van der Waals surface area contributed by atoms with Gasteiger partial charge in [-0.2, -0.15) is 15.3 Å². The molecule has 0 aliphatic carbocycles. The smallest absolute Gasteiger partial charge is 0.255 e. The summed E-state index contributed by atoms with van der Waals surface area (Å²) in [6.07, 6.45) is 12.8. The molecule has 3 saturated heterocycles. The molecular formula is C83H80F5N21O7. The first kappa shape index (κ1) is 79.9. The minimum Gasteiger partial charge on any atom is -0.496 e. The van der Waals surface area contributed by atoms with Gasteiger partial charge in [0.05, 0.1) is 58.1 Å². The summed E-state index contributed by atoms with van der Waals surface area (Å²) < 4.78 is 81.9. The van der Waals surface area contributed by atoms with E-state index in [1.807, 2.05) is 28.9 Å². The van der Waals surface area contributed by atoms with E-state index >= 15 is 0 Å². The van der Waals surface area contributed by atoms with Crippen LogP contribution in [-0.4, -0.2) is 156 Å². The van der Waals surface area contributed by atoms with Gasteiger partial charge in [-0.05, 0) is 148 Å². The lowest BCUT2D eigenvalue weighted by Crippen LogP contribution is -2.40. The summed E-state index contributed by atoms with van der Waals surface area (Å²) >= 11 is 0. The molecule has 3 fully saturated rings. The topological polar surface area (TPSA) is 366 Å². The first-order valence-corrected chi connectivity index (χ1v) is 37.1. The average molecular weight is 1580 g/mol. The van der Waals surface area contributed by atoms with E-state index in [2.05, 4.69) is 65.6 Å². The third-order valence-corrected chi connectivity index (χ3v) is 20.4. The molecule has 0 spiro atoms. The zero-order valence-corrected chi connectivity index (χ0v) is 63.2. The molecule has 0 unspecified atom stereocenters. The largest absolute Gasteiger partial charge is 0.496 e. The van der Waals surface area contributed by atoms with E-state index in [0.717, 1.165) is 67.9 Å². The number of methoxy groups -OCH3 is 1. The number of aryl methyl sites for hydroxylation is 1. The lowest BCUT2D eigenvalue weighted by molar-refractivity contribution is -0.128. The van der Waals surface area contributed by atoms with Crippen LogP contribution in [0.3, 0.4) is 0 Å². The second kappa shape index (κ2) is 35.3. The minimum atomic E-state index is -0.897. The van der Waals surface area contributed by atoms with Crippen LogP contribution in [0.1, 0.15) is 110 Å². The molecule has 116 heavy (non-hydrogen) atoms. The van der Waals surface area contributed by atoms with Crippen molar-refractivity contribution in [2.75, 3.05) is 63.6 Å². The minimum absolute atomic E-state index is 0.0187. The molecular weight excluding hydrogens is 1500 g/mol. The molecule has 9 N–H and O–H groups in total. The fraction of sp³-hybridized carbons (Fsp3) is 0.241. The van der Waals surface area contributed by atoms with E-state index in [-0.39, 0.29) is 89.7 Å². The number of likely N-dealkylation sites (tertiary alicyclic amines) is 3. The second-order valence-corrected chi connectivity index (χ2v) is 27.7.